The summed E-state index contributed by atoms with van der Waals surface area (Å²) in [6, 6.07) is 3.90. The minimum absolute atomic E-state index is 0.174. The summed E-state index contributed by atoms with van der Waals surface area (Å²) in [6.45, 7) is 2.75. The van der Waals surface area contributed by atoms with E-state index in [0.29, 0.717) is 24.3 Å². The predicted molar refractivity (Wildman–Crippen MR) is 84.9 cm³/mol. The van der Waals surface area contributed by atoms with Crippen LogP contribution in [-0.2, 0) is 11.3 Å². The third-order valence-electron chi connectivity index (χ3n) is 4.00. The molecule has 8 heteroatoms. The van der Waals surface area contributed by atoms with Gasteiger partial charge in [0.15, 0.2) is 0 Å². The fraction of sp³-hybridized carbons (Fsp3) is 0.312. The highest BCUT2D eigenvalue weighted by Gasteiger charge is 2.28. The first-order valence-corrected chi connectivity index (χ1v) is 7.65. The molecule has 2 aromatic rings. The number of rotatable bonds is 3. The lowest BCUT2D eigenvalue weighted by molar-refractivity contribution is -0.126. The Morgan fingerprint density at radius 1 is 1.50 bits per heavy atom. The molecule has 2 heterocycles. The molecule has 126 valence electrons. The van der Waals surface area contributed by atoms with Gasteiger partial charge in [0.25, 0.3) is 0 Å². The summed E-state index contributed by atoms with van der Waals surface area (Å²) in [5.41, 5.74) is 1.03. The molecule has 1 unspecified atom stereocenters. The number of hydrogen-bond donors (Lipinski definition) is 2. The van der Waals surface area contributed by atoms with Crippen molar-refractivity contribution in [1.29, 1.82) is 0 Å². The minimum atomic E-state index is -0.515. The second-order valence-electron chi connectivity index (χ2n) is 5.57. The smallest absolute Gasteiger partial charge is 0.318 e. The maximum absolute atomic E-state index is 14.2. The van der Waals surface area contributed by atoms with Gasteiger partial charge in [0.05, 0.1) is 12.0 Å². The van der Waals surface area contributed by atoms with Crippen molar-refractivity contribution in [2.24, 2.45) is 0 Å². The topological polar surface area (TPSA) is 79.3 Å². The van der Waals surface area contributed by atoms with E-state index < -0.39 is 11.9 Å². The standard InChI is InChI=1S/C16H18FN5O2/c1-11-15(23)19-5-7-22(11)16(24)20-9-12-2-3-14(13(17)8-12)21-6-4-18-10-21/h2-4,6,8,10-11H,5,7,9H2,1H3,(H,19,23)(H,20,24). The third-order valence-corrected chi connectivity index (χ3v) is 4.00. The zero-order valence-corrected chi connectivity index (χ0v) is 13.2. The number of urea groups is 1. The van der Waals surface area contributed by atoms with Gasteiger partial charge in [-0.05, 0) is 24.6 Å². The molecule has 1 aliphatic heterocycles. The molecule has 1 aromatic carbocycles. The normalized spacial score (nSPS) is 17.5. The SMILES string of the molecule is CC1C(=O)NCCN1C(=O)NCc1ccc(-n2ccnc2)c(F)c1. The summed E-state index contributed by atoms with van der Waals surface area (Å²) in [5.74, 6) is -0.572. The number of benzene rings is 1. The Bertz CT molecular complexity index is 747. The van der Waals surface area contributed by atoms with Gasteiger partial charge < -0.3 is 20.1 Å². The summed E-state index contributed by atoms with van der Waals surface area (Å²) in [5, 5.41) is 5.42. The van der Waals surface area contributed by atoms with E-state index in [0.717, 1.165) is 0 Å². The number of nitrogens with zero attached hydrogens (tertiary/aromatic N) is 3. The molecule has 1 aromatic heterocycles. The number of amides is 3. The van der Waals surface area contributed by atoms with Gasteiger partial charge in [-0.2, -0.15) is 0 Å². The molecule has 0 radical (unpaired) electrons. The third kappa shape index (κ3) is 3.22. The number of imidazole rings is 1. The fourth-order valence-electron chi connectivity index (χ4n) is 2.61. The molecule has 1 fully saturated rings. The Balaban J connectivity index is 1.63. The van der Waals surface area contributed by atoms with Gasteiger partial charge in [-0.1, -0.05) is 6.07 Å². The highest BCUT2D eigenvalue weighted by Crippen LogP contribution is 2.15. The maximum Gasteiger partial charge on any atom is 0.318 e. The monoisotopic (exact) mass is 331 g/mol. The van der Waals surface area contributed by atoms with Crippen LogP contribution in [0.5, 0.6) is 0 Å². The van der Waals surface area contributed by atoms with E-state index in [9.17, 15) is 14.0 Å². The Labute approximate surface area is 138 Å². The van der Waals surface area contributed by atoms with Gasteiger partial charge in [-0.15, -0.1) is 0 Å². The van der Waals surface area contributed by atoms with Gasteiger partial charge in [0.1, 0.15) is 11.9 Å². The largest absolute Gasteiger partial charge is 0.353 e. The van der Waals surface area contributed by atoms with Crippen molar-refractivity contribution >= 4 is 11.9 Å². The molecule has 0 saturated carbocycles. The van der Waals surface area contributed by atoms with Crippen LogP contribution in [0.25, 0.3) is 5.69 Å². The summed E-state index contributed by atoms with van der Waals surface area (Å²) < 4.78 is 15.8. The van der Waals surface area contributed by atoms with E-state index in [-0.39, 0.29) is 18.5 Å². The molecule has 2 N–H and O–H groups in total. The molecule has 24 heavy (non-hydrogen) atoms. The number of hydrogen-bond acceptors (Lipinski definition) is 3. The van der Waals surface area contributed by atoms with Gasteiger partial charge in [0.2, 0.25) is 5.91 Å². The Kier molecular flexibility index (Phi) is 4.45. The lowest BCUT2D eigenvalue weighted by Gasteiger charge is -2.32. The molecule has 1 atom stereocenters. The van der Waals surface area contributed by atoms with Crippen LogP contribution in [-0.4, -0.2) is 45.5 Å². The van der Waals surface area contributed by atoms with Crippen LogP contribution in [0.15, 0.2) is 36.9 Å². The molecule has 7 nitrogen and oxygen atoms in total. The molecule has 3 amide bonds. The van der Waals surface area contributed by atoms with Gasteiger partial charge in [0, 0.05) is 32.0 Å². The number of aromatic nitrogens is 2. The van der Waals surface area contributed by atoms with Gasteiger partial charge >= 0.3 is 6.03 Å². The summed E-state index contributed by atoms with van der Waals surface area (Å²) >= 11 is 0. The lowest BCUT2D eigenvalue weighted by atomic mass is 10.2. The minimum Gasteiger partial charge on any atom is -0.353 e. The van der Waals surface area contributed by atoms with Crippen LogP contribution in [0, 0.1) is 5.82 Å². The van der Waals surface area contributed by atoms with Crippen molar-refractivity contribution in [3.8, 4) is 5.69 Å². The van der Waals surface area contributed by atoms with Crippen molar-refractivity contribution in [2.45, 2.75) is 19.5 Å². The number of carbonyl (C=O) groups excluding carboxylic acids is 2. The van der Waals surface area contributed by atoms with Crippen LogP contribution in [0.1, 0.15) is 12.5 Å². The van der Waals surface area contributed by atoms with Gasteiger partial charge in [-0.25, -0.2) is 14.2 Å². The molecule has 3 rings (SSSR count). The number of nitrogens with one attached hydrogen (secondary N) is 2. The second-order valence-corrected chi connectivity index (χ2v) is 5.57. The highest BCUT2D eigenvalue weighted by atomic mass is 19.1. The molecule has 0 spiro atoms. The molecule has 1 saturated heterocycles. The van der Waals surface area contributed by atoms with E-state index in [1.807, 2.05) is 0 Å². The van der Waals surface area contributed by atoms with Crippen molar-refractivity contribution in [1.82, 2.24) is 25.1 Å². The molecule has 0 aliphatic carbocycles. The van der Waals surface area contributed by atoms with Gasteiger partial charge in [-0.3, -0.25) is 4.79 Å². The highest BCUT2D eigenvalue weighted by molar-refractivity contribution is 5.87. The van der Waals surface area contributed by atoms with E-state index in [2.05, 4.69) is 15.6 Å². The average molecular weight is 331 g/mol. The van der Waals surface area contributed by atoms with Crippen LogP contribution in [0.4, 0.5) is 9.18 Å². The first-order valence-electron chi connectivity index (χ1n) is 7.65. The zero-order chi connectivity index (χ0) is 17.1. The van der Waals surface area contributed by atoms with Crippen molar-refractivity contribution in [3.05, 3.63) is 48.3 Å². The van der Waals surface area contributed by atoms with Crippen molar-refractivity contribution in [3.63, 3.8) is 0 Å². The van der Waals surface area contributed by atoms with E-state index >= 15 is 0 Å². The van der Waals surface area contributed by atoms with Crippen LogP contribution in [0.3, 0.4) is 0 Å². The molecule has 0 bridgehead atoms. The van der Waals surface area contributed by atoms with Crippen LogP contribution >= 0.6 is 0 Å². The van der Waals surface area contributed by atoms with Crippen molar-refractivity contribution in [2.75, 3.05) is 13.1 Å². The number of piperazine rings is 1. The molecular weight excluding hydrogens is 313 g/mol. The van der Waals surface area contributed by atoms with Crippen LogP contribution < -0.4 is 10.6 Å². The molecular formula is C16H18FN5O2. The van der Waals surface area contributed by atoms with E-state index in [1.54, 1.807) is 36.0 Å². The van der Waals surface area contributed by atoms with Crippen LogP contribution in [0.2, 0.25) is 0 Å². The molecule has 1 aliphatic rings. The zero-order valence-electron chi connectivity index (χ0n) is 13.2. The van der Waals surface area contributed by atoms with Crippen molar-refractivity contribution < 1.29 is 14.0 Å². The average Bonchev–Trinajstić information content (AvgIpc) is 3.09. The quantitative estimate of drug-likeness (QED) is 0.882. The Hall–Kier alpha value is -2.90. The summed E-state index contributed by atoms with van der Waals surface area (Å²) in [7, 11) is 0. The summed E-state index contributed by atoms with van der Waals surface area (Å²) in [6.07, 6.45) is 4.74. The lowest BCUT2D eigenvalue weighted by Crippen LogP contribution is -2.58. The Morgan fingerprint density at radius 3 is 3.04 bits per heavy atom. The second kappa shape index (κ2) is 6.69. The Morgan fingerprint density at radius 2 is 2.33 bits per heavy atom. The first kappa shape index (κ1) is 16.0. The maximum atomic E-state index is 14.2. The predicted octanol–water partition coefficient (Wildman–Crippen LogP) is 1.04. The van der Waals surface area contributed by atoms with E-state index in [1.165, 1.54) is 17.3 Å². The fourth-order valence-corrected chi connectivity index (χ4v) is 2.61. The summed E-state index contributed by atoms with van der Waals surface area (Å²) in [4.78, 5) is 29.1. The van der Waals surface area contributed by atoms with E-state index in [4.69, 9.17) is 0 Å². The first-order chi connectivity index (χ1) is 11.6. The number of carbonyl (C=O) groups is 2. The number of halogens is 1.